The van der Waals surface area contributed by atoms with E-state index in [2.05, 4.69) is 4.90 Å². The van der Waals surface area contributed by atoms with Crippen molar-refractivity contribution in [3.8, 4) is 0 Å². The van der Waals surface area contributed by atoms with Gasteiger partial charge in [-0.3, -0.25) is 9.69 Å². The Bertz CT molecular complexity index is 404. The summed E-state index contributed by atoms with van der Waals surface area (Å²) in [5.41, 5.74) is 6.41. The molecule has 0 aromatic heterocycles. The van der Waals surface area contributed by atoms with Gasteiger partial charge in [-0.15, -0.1) is 0 Å². The van der Waals surface area contributed by atoms with Gasteiger partial charge < -0.3 is 5.73 Å². The molecule has 1 heterocycles. The highest BCUT2D eigenvalue weighted by atomic mass is 19.1. The van der Waals surface area contributed by atoms with E-state index >= 15 is 0 Å². The van der Waals surface area contributed by atoms with Crippen molar-refractivity contribution in [3.05, 3.63) is 35.6 Å². The van der Waals surface area contributed by atoms with Crippen molar-refractivity contribution in [2.24, 2.45) is 17.6 Å². The molecule has 2 N–H and O–H groups in total. The zero-order valence-electron chi connectivity index (χ0n) is 9.90. The van der Waals surface area contributed by atoms with Crippen molar-refractivity contribution in [1.29, 1.82) is 0 Å². The fraction of sp³-hybridized carbons (Fsp3) is 0.462. The van der Waals surface area contributed by atoms with E-state index < -0.39 is 0 Å². The molecule has 0 aliphatic carbocycles. The molecule has 0 bridgehead atoms. The van der Waals surface area contributed by atoms with Gasteiger partial charge in [-0.2, -0.15) is 0 Å². The average molecular weight is 236 g/mol. The lowest BCUT2D eigenvalue weighted by molar-refractivity contribution is -0.122. The minimum Gasteiger partial charge on any atom is -0.369 e. The number of benzene rings is 1. The SMILES string of the molecule is C[C@@H]1CN(Cc2ccc(F)cc2)C[C@H]1C(N)=O. The Morgan fingerprint density at radius 1 is 1.41 bits per heavy atom. The number of amides is 1. The van der Waals surface area contributed by atoms with Crippen LogP contribution in [0.5, 0.6) is 0 Å². The summed E-state index contributed by atoms with van der Waals surface area (Å²) >= 11 is 0. The molecule has 2 atom stereocenters. The molecule has 0 spiro atoms. The molecule has 1 fully saturated rings. The van der Waals surface area contributed by atoms with E-state index in [0.29, 0.717) is 12.5 Å². The smallest absolute Gasteiger partial charge is 0.222 e. The van der Waals surface area contributed by atoms with E-state index in [9.17, 15) is 9.18 Å². The Hall–Kier alpha value is -1.42. The Labute approximate surface area is 100 Å². The predicted molar refractivity (Wildman–Crippen MR) is 63.5 cm³/mol. The van der Waals surface area contributed by atoms with Crippen LogP contribution in [0.25, 0.3) is 0 Å². The maximum absolute atomic E-state index is 12.8. The number of likely N-dealkylation sites (tertiary alicyclic amines) is 1. The van der Waals surface area contributed by atoms with Crippen molar-refractivity contribution in [1.82, 2.24) is 4.90 Å². The zero-order chi connectivity index (χ0) is 12.4. The van der Waals surface area contributed by atoms with E-state index in [1.165, 1.54) is 12.1 Å². The van der Waals surface area contributed by atoms with Gasteiger partial charge in [0.05, 0.1) is 5.92 Å². The van der Waals surface area contributed by atoms with Crippen LogP contribution in [0.3, 0.4) is 0 Å². The summed E-state index contributed by atoms with van der Waals surface area (Å²) in [6.07, 6.45) is 0. The second-order valence-corrected chi connectivity index (χ2v) is 4.81. The summed E-state index contributed by atoms with van der Waals surface area (Å²) in [5.74, 6) is -0.207. The molecule has 3 nitrogen and oxygen atoms in total. The minimum atomic E-state index is -0.224. The van der Waals surface area contributed by atoms with Crippen LogP contribution in [-0.4, -0.2) is 23.9 Å². The first-order valence-corrected chi connectivity index (χ1v) is 5.82. The maximum atomic E-state index is 12.8. The molecule has 0 radical (unpaired) electrons. The van der Waals surface area contributed by atoms with Crippen LogP contribution in [0.15, 0.2) is 24.3 Å². The maximum Gasteiger partial charge on any atom is 0.222 e. The number of rotatable bonds is 3. The lowest BCUT2D eigenvalue weighted by Crippen LogP contribution is -2.29. The number of halogens is 1. The Morgan fingerprint density at radius 3 is 2.59 bits per heavy atom. The van der Waals surface area contributed by atoms with E-state index in [-0.39, 0.29) is 17.6 Å². The third kappa shape index (κ3) is 2.82. The van der Waals surface area contributed by atoms with Gasteiger partial charge in [0.1, 0.15) is 5.82 Å². The second-order valence-electron chi connectivity index (χ2n) is 4.81. The van der Waals surface area contributed by atoms with Crippen molar-refractivity contribution in [2.45, 2.75) is 13.5 Å². The zero-order valence-corrected chi connectivity index (χ0v) is 9.90. The monoisotopic (exact) mass is 236 g/mol. The van der Waals surface area contributed by atoms with E-state index in [0.717, 1.165) is 18.7 Å². The van der Waals surface area contributed by atoms with Crippen LogP contribution in [0.2, 0.25) is 0 Å². The van der Waals surface area contributed by atoms with Crippen LogP contribution < -0.4 is 5.73 Å². The number of primary amides is 1. The molecule has 1 aromatic carbocycles. The Morgan fingerprint density at radius 2 is 2.06 bits per heavy atom. The Kier molecular flexibility index (Phi) is 3.43. The quantitative estimate of drug-likeness (QED) is 0.861. The summed E-state index contributed by atoms with van der Waals surface area (Å²) in [6.45, 7) is 4.35. The fourth-order valence-corrected chi connectivity index (χ4v) is 2.41. The predicted octanol–water partition coefficient (Wildman–Crippen LogP) is 1.38. The van der Waals surface area contributed by atoms with Gasteiger partial charge in [0, 0.05) is 19.6 Å². The van der Waals surface area contributed by atoms with E-state index in [4.69, 9.17) is 5.73 Å². The second kappa shape index (κ2) is 4.84. The summed E-state index contributed by atoms with van der Waals surface area (Å²) in [6, 6.07) is 6.47. The highest BCUT2D eigenvalue weighted by molar-refractivity contribution is 5.77. The van der Waals surface area contributed by atoms with Gasteiger partial charge in [0.25, 0.3) is 0 Å². The van der Waals surface area contributed by atoms with Crippen LogP contribution in [-0.2, 0) is 11.3 Å². The number of nitrogens with two attached hydrogens (primary N) is 1. The molecule has 1 saturated heterocycles. The van der Waals surface area contributed by atoms with Crippen LogP contribution in [0, 0.1) is 17.7 Å². The standard InChI is InChI=1S/C13H17FN2O/c1-9-6-16(8-12(9)13(15)17)7-10-2-4-11(14)5-3-10/h2-5,9,12H,6-8H2,1H3,(H2,15,17)/t9-,12-/m1/s1. The van der Waals surface area contributed by atoms with Crippen molar-refractivity contribution >= 4 is 5.91 Å². The van der Waals surface area contributed by atoms with Gasteiger partial charge in [-0.1, -0.05) is 19.1 Å². The lowest BCUT2D eigenvalue weighted by Gasteiger charge is -2.15. The summed E-state index contributed by atoms with van der Waals surface area (Å²) in [7, 11) is 0. The largest absolute Gasteiger partial charge is 0.369 e. The lowest BCUT2D eigenvalue weighted by atomic mass is 9.98. The molecule has 2 rings (SSSR count). The van der Waals surface area contributed by atoms with Crippen molar-refractivity contribution in [2.75, 3.05) is 13.1 Å². The van der Waals surface area contributed by atoms with Crippen LogP contribution in [0.1, 0.15) is 12.5 Å². The van der Waals surface area contributed by atoms with Crippen molar-refractivity contribution in [3.63, 3.8) is 0 Å². The van der Waals surface area contributed by atoms with Gasteiger partial charge in [0.15, 0.2) is 0 Å². The molecule has 1 aliphatic heterocycles. The van der Waals surface area contributed by atoms with Gasteiger partial charge in [-0.25, -0.2) is 4.39 Å². The molecule has 1 amide bonds. The Balaban J connectivity index is 1.97. The molecular formula is C13H17FN2O. The normalized spacial score (nSPS) is 25.1. The third-order valence-corrected chi connectivity index (χ3v) is 3.37. The number of nitrogens with zero attached hydrogens (tertiary/aromatic N) is 1. The summed E-state index contributed by atoms with van der Waals surface area (Å²) < 4.78 is 12.8. The number of carbonyl (C=O) groups is 1. The van der Waals surface area contributed by atoms with Crippen molar-refractivity contribution < 1.29 is 9.18 Å². The fourth-order valence-electron chi connectivity index (χ4n) is 2.41. The molecule has 1 aromatic rings. The highest BCUT2D eigenvalue weighted by Gasteiger charge is 2.33. The summed E-state index contributed by atoms with van der Waals surface area (Å²) in [4.78, 5) is 13.4. The molecular weight excluding hydrogens is 219 g/mol. The topological polar surface area (TPSA) is 46.3 Å². The molecule has 0 unspecified atom stereocenters. The molecule has 1 aliphatic rings. The molecule has 92 valence electrons. The number of hydrogen-bond donors (Lipinski definition) is 1. The van der Waals surface area contributed by atoms with Gasteiger partial charge in [-0.05, 0) is 23.6 Å². The third-order valence-electron chi connectivity index (χ3n) is 3.37. The number of hydrogen-bond acceptors (Lipinski definition) is 2. The van der Waals surface area contributed by atoms with Gasteiger partial charge in [0.2, 0.25) is 5.91 Å². The molecule has 4 heteroatoms. The first kappa shape index (κ1) is 12.0. The minimum absolute atomic E-state index is 0.0598. The average Bonchev–Trinajstić information content (AvgIpc) is 2.63. The molecule has 0 saturated carbocycles. The van der Waals surface area contributed by atoms with Crippen LogP contribution >= 0.6 is 0 Å². The van der Waals surface area contributed by atoms with Crippen LogP contribution in [0.4, 0.5) is 4.39 Å². The first-order valence-electron chi connectivity index (χ1n) is 5.82. The number of carbonyl (C=O) groups excluding carboxylic acids is 1. The molecule has 17 heavy (non-hydrogen) atoms. The van der Waals surface area contributed by atoms with Gasteiger partial charge >= 0.3 is 0 Å². The summed E-state index contributed by atoms with van der Waals surface area (Å²) in [5, 5.41) is 0. The van der Waals surface area contributed by atoms with E-state index in [1.54, 1.807) is 12.1 Å². The highest BCUT2D eigenvalue weighted by Crippen LogP contribution is 2.24. The van der Waals surface area contributed by atoms with E-state index in [1.807, 2.05) is 6.92 Å². The first-order chi connectivity index (χ1) is 8.06.